The monoisotopic (exact) mass is 347 g/mol. The number of alkyl halides is 3. The van der Waals surface area contributed by atoms with Gasteiger partial charge < -0.3 is 20.5 Å². The van der Waals surface area contributed by atoms with Gasteiger partial charge in [-0.1, -0.05) is 30.3 Å². The van der Waals surface area contributed by atoms with Gasteiger partial charge in [0.05, 0.1) is 32.3 Å². The van der Waals surface area contributed by atoms with Crippen molar-refractivity contribution in [2.24, 2.45) is 4.99 Å². The Morgan fingerprint density at radius 3 is 2.58 bits per heavy atom. The minimum atomic E-state index is -4.21. The van der Waals surface area contributed by atoms with Gasteiger partial charge in [0.1, 0.15) is 0 Å². The molecule has 0 spiro atoms. The van der Waals surface area contributed by atoms with E-state index in [1.54, 1.807) is 6.92 Å². The minimum absolute atomic E-state index is 0.0378. The number of rotatable bonds is 9. The largest absolute Gasteiger partial charge is 0.390 e. The topological polar surface area (TPSA) is 65.9 Å². The summed E-state index contributed by atoms with van der Waals surface area (Å²) in [6.07, 6.45) is -5.98. The van der Waals surface area contributed by atoms with Crippen molar-refractivity contribution in [2.45, 2.75) is 32.2 Å². The molecule has 1 rings (SSSR count). The van der Waals surface area contributed by atoms with Crippen LogP contribution in [0, 0.1) is 0 Å². The Morgan fingerprint density at radius 2 is 1.96 bits per heavy atom. The summed E-state index contributed by atoms with van der Waals surface area (Å²) in [6, 6.07) is 9.53. The lowest BCUT2D eigenvalue weighted by Crippen LogP contribution is -2.39. The van der Waals surface area contributed by atoms with E-state index in [2.05, 4.69) is 15.6 Å². The van der Waals surface area contributed by atoms with Crippen molar-refractivity contribution < 1.29 is 23.0 Å². The first-order valence-electron chi connectivity index (χ1n) is 7.79. The third kappa shape index (κ3) is 10.1. The van der Waals surface area contributed by atoms with E-state index >= 15 is 0 Å². The normalized spacial score (nSPS) is 13.6. The predicted molar refractivity (Wildman–Crippen MR) is 86.8 cm³/mol. The van der Waals surface area contributed by atoms with Crippen LogP contribution in [0.15, 0.2) is 35.3 Å². The maximum absolute atomic E-state index is 12.1. The van der Waals surface area contributed by atoms with Crippen LogP contribution < -0.4 is 10.6 Å². The van der Waals surface area contributed by atoms with E-state index in [1.165, 1.54) is 0 Å². The van der Waals surface area contributed by atoms with Gasteiger partial charge in [0.2, 0.25) is 0 Å². The first kappa shape index (κ1) is 20.2. The summed E-state index contributed by atoms with van der Waals surface area (Å²) >= 11 is 0. The van der Waals surface area contributed by atoms with Crippen LogP contribution in [0.2, 0.25) is 0 Å². The molecule has 3 N–H and O–H groups in total. The Kier molecular flexibility index (Phi) is 9.18. The second-order valence-corrected chi connectivity index (χ2v) is 5.17. The fraction of sp³-hybridized carbons (Fsp3) is 0.562. The lowest BCUT2D eigenvalue weighted by Gasteiger charge is -2.14. The smallest absolute Gasteiger partial charge is 0.389 e. The molecule has 1 aromatic rings. The van der Waals surface area contributed by atoms with Gasteiger partial charge in [0.15, 0.2) is 5.96 Å². The Labute approximate surface area is 139 Å². The molecule has 1 unspecified atom stereocenters. The fourth-order valence-corrected chi connectivity index (χ4v) is 1.80. The Balaban J connectivity index is 2.30. The predicted octanol–water partition coefficient (Wildman–Crippen LogP) is 2.07. The highest BCUT2D eigenvalue weighted by Crippen LogP contribution is 2.18. The van der Waals surface area contributed by atoms with Crippen LogP contribution in [0.5, 0.6) is 0 Å². The summed E-state index contributed by atoms with van der Waals surface area (Å²) in [5.74, 6) is 0.240. The molecule has 0 amide bonds. The number of halogens is 3. The van der Waals surface area contributed by atoms with Crippen LogP contribution in [-0.4, -0.2) is 49.6 Å². The number of aliphatic hydroxyl groups is 1. The van der Waals surface area contributed by atoms with Crippen molar-refractivity contribution in [3.63, 3.8) is 0 Å². The molecule has 0 radical (unpaired) electrons. The number of hydrogen-bond donors (Lipinski definition) is 3. The van der Waals surface area contributed by atoms with Gasteiger partial charge in [-0.2, -0.15) is 13.2 Å². The Bertz CT molecular complexity index is 481. The molecule has 0 aliphatic carbocycles. The van der Waals surface area contributed by atoms with Gasteiger partial charge in [-0.3, -0.25) is 4.99 Å². The number of nitrogens with zero attached hydrogens (tertiary/aromatic N) is 1. The zero-order valence-corrected chi connectivity index (χ0v) is 13.6. The molecular formula is C16H24F3N3O2. The van der Waals surface area contributed by atoms with E-state index in [4.69, 9.17) is 4.74 Å². The zero-order chi connectivity index (χ0) is 17.8. The van der Waals surface area contributed by atoms with Gasteiger partial charge in [-0.05, 0) is 12.5 Å². The van der Waals surface area contributed by atoms with Gasteiger partial charge in [-0.15, -0.1) is 0 Å². The van der Waals surface area contributed by atoms with Crippen LogP contribution >= 0.6 is 0 Å². The lowest BCUT2D eigenvalue weighted by molar-refractivity contribution is -0.132. The summed E-state index contributed by atoms with van der Waals surface area (Å²) in [6.45, 7) is 2.57. The van der Waals surface area contributed by atoms with E-state index in [0.29, 0.717) is 13.2 Å². The number of guanidine groups is 1. The molecule has 0 heterocycles. The van der Waals surface area contributed by atoms with Crippen molar-refractivity contribution in [1.82, 2.24) is 10.6 Å². The number of aliphatic imine (C=N–C) groups is 1. The van der Waals surface area contributed by atoms with Crippen LogP contribution in [0.3, 0.4) is 0 Å². The van der Waals surface area contributed by atoms with Gasteiger partial charge >= 0.3 is 6.18 Å². The molecule has 0 saturated carbocycles. The second-order valence-electron chi connectivity index (χ2n) is 5.17. The zero-order valence-electron chi connectivity index (χ0n) is 13.6. The number of hydrogen-bond acceptors (Lipinski definition) is 3. The van der Waals surface area contributed by atoms with Crippen molar-refractivity contribution in [1.29, 1.82) is 0 Å². The molecule has 1 aromatic carbocycles. The van der Waals surface area contributed by atoms with Crippen LogP contribution in [0.4, 0.5) is 13.2 Å². The van der Waals surface area contributed by atoms with E-state index in [0.717, 1.165) is 5.56 Å². The van der Waals surface area contributed by atoms with Gasteiger partial charge in [-0.25, -0.2) is 0 Å². The number of benzene rings is 1. The molecule has 136 valence electrons. The minimum Gasteiger partial charge on any atom is -0.389 e. The summed E-state index contributed by atoms with van der Waals surface area (Å²) in [5.41, 5.74) is 0.996. The third-order valence-corrected chi connectivity index (χ3v) is 2.93. The average molecular weight is 347 g/mol. The number of ether oxygens (including phenoxy) is 1. The van der Waals surface area contributed by atoms with Crippen LogP contribution in [0.1, 0.15) is 18.9 Å². The molecule has 0 saturated heterocycles. The molecule has 0 bridgehead atoms. The molecule has 5 nitrogen and oxygen atoms in total. The standard InChI is InChI=1S/C16H24F3N3O2/c1-2-20-15(21-9-8-16(17,18)19)22-10-14(23)12-24-11-13-6-4-3-5-7-13/h3-7,14,23H,2,8-12H2,1H3,(H2,20,21,22). The van der Waals surface area contributed by atoms with Gasteiger partial charge in [0, 0.05) is 13.1 Å². The van der Waals surface area contributed by atoms with Gasteiger partial charge in [0.25, 0.3) is 0 Å². The Hall–Kier alpha value is -1.80. The quantitative estimate of drug-likeness (QED) is 0.473. The fourth-order valence-electron chi connectivity index (χ4n) is 1.80. The molecule has 24 heavy (non-hydrogen) atoms. The highest BCUT2D eigenvalue weighted by molar-refractivity contribution is 5.79. The maximum atomic E-state index is 12.1. The van der Waals surface area contributed by atoms with Crippen LogP contribution in [0.25, 0.3) is 0 Å². The molecular weight excluding hydrogens is 323 g/mol. The van der Waals surface area contributed by atoms with E-state index < -0.39 is 18.7 Å². The average Bonchev–Trinajstić information content (AvgIpc) is 2.52. The van der Waals surface area contributed by atoms with E-state index in [9.17, 15) is 18.3 Å². The lowest BCUT2D eigenvalue weighted by atomic mass is 10.2. The first-order chi connectivity index (χ1) is 11.4. The SMILES string of the molecule is CCNC(=NCC(O)COCc1ccccc1)NCCC(F)(F)F. The van der Waals surface area contributed by atoms with Crippen LogP contribution in [-0.2, 0) is 11.3 Å². The summed E-state index contributed by atoms with van der Waals surface area (Å²) in [4.78, 5) is 4.06. The van der Waals surface area contributed by atoms with Crippen molar-refractivity contribution in [2.75, 3.05) is 26.2 Å². The first-order valence-corrected chi connectivity index (χ1v) is 7.79. The van der Waals surface area contributed by atoms with Crippen molar-refractivity contribution >= 4 is 5.96 Å². The highest BCUT2D eigenvalue weighted by Gasteiger charge is 2.26. The summed E-state index contributed by atoms with van der Waals surface area (Å²) in [7, 11) is 0. The third-order valence-electron chi connectivity index (χ3n) is 2.93. The number of aliphatic hydroxyl groups excluding tert-OH is 1. The molecule has 0 fully saturated rings. The maximum Gasteiger partial charge on any atom is 0.390 e. The summed E-state index contributed by atoms with van der Waals surface area (Å²) < 4.78 is 41.8. The number of nitrogens with one attached hydrogen (secondary N) is 2. The van der Waals surface area contributed by atoms with Crippen molar-refractivity contribution in [3.05, 3.63) is 35.9 Å². The summed E-state index contributed by atoms with van der Waals surface area (Å²) in [5, 5.41) is 15.2. The second kappa shape index (κ2) is 10.9. The molecule has 0 aliphatic rings. The van der Waals surface area contributed by atoms with Crippen molar-refractivity contribution in [3.8, 4) is 0 Å². The van der Waals surface area contributed by atoms with E-state index in [1.807, 2.05) is 30.3 Å². The Morgan fingerprint density at radius 1 is 1.25 bits per heavy atom. The molecule has 0 aromatic heterocycles. The van der Waals surface area contributed by atoms with E-state index in [-0.39, 0.29) is 25.7 Å². The molecule has 0 aliphatic heterocycles. The molecule has 8 heteroatoms. The highest BCUT2D eigenvalue weighted by atomic mass is 19.4. The molecule has 1 atom stereocenters.